The minimum absolute atomic E-state index is 0.111. The lowest BCUT2D eigenvalue weighted by atomic mass is 9.99. The molecule has 7 heteroatoms. The van der Waals surface area contributed by atoms with E-state index in [1.54, 1.807) is 29.7 Å². The number of hydrogen-bond acceptors (Lipinski definition) is 4. The number of aryl methyl sites for hydroxylation is 2. The SMILES string of the molecule is Cc1cncc(NC(=O)C(=O)N2CCCCC2c2cncn2C)c1. The molecule has 3 rings (SSSR count). The molecule has 1 N–H and O–H groups in total. The van der Waals surface area contributed by atoms with Crippen molar-refractivity contribution >= 4 is 17.5 Å². The number of piperidine rings is 1. The van der Waals surface area contributed by atoms with Gasteiger partial charge in [-0.1, -0.05) is 0 Å². The molecule has 0 saturated carbocycles. The Morgan fingerprint density at radius 2 is 2.04 bits per heavy atom. The normalized spacial score (nSPS) is 17.6. The molecule has 1 aliphatic heterocycles. The second-order valence-electron chi connectivity index (χ2n) is 6.14. The van der Waals surface area contributed by atoms with Gasteiger partial charge in [-0.2, -0.15) is 0 Å². The third kappa shape index (κ3) is 3.29. The molecule has 0 aliphatic carbocycles. The molecule has 24 heavy (non-hydrogen) atoms. The Bertz CT molecular complexity index is 755. The average molecular weight is 327 g/mol. The first kappa shape index (κ1) is 16.2. The van der Waals surface area contributed by atoms with Gasteiger partial charge in [0.2, 0.25) is 0 Å². The number of hydrogen-bond donors (Lipinski definition) is 1. The third-order valence-electron chi connectivity index (χ3n) is 4.29. The van der Waals surface area contributed by atoms with Gasteiger partial charge in [-0.05, 0) is 37.8 Å². The Morgan fingerprint density at radius 3 is 2.75 bits per heavy atom. The maximum absolute atomic E-state index is 12.7. The summed E-state index contributed by atoms with van der Waals surface area (Å²) in [4.78, 5) is 34.8. The van der Waals surface area contributed by atoms with Crippen molar-refractivity contribution in [2.75, 3.05) is 11.9 Å². The number of anilines is 1. The third-order valence-corrected chi connectivity index (χ3v) is 4.29. The maximum atomic E-state index is 12.7. The zero-order valence-electron chi connectivity index (χ0n) is 13.9. The van der Waals surface area contributed by atoms with Gasteiger partial charge in [0, 0.05) is 19.8 Å². The van der Waals surface area contributed by atoms with Crippen LogP contribution in [0, 0.1) is 6.92 Å². The molecule has 1 aliphatic rings. The Morgan fingerprint density at radius 1 is 1.21 bits per heavy atom. The Labute approximate surface area is 140 Å². The van der Waals surface area contributed by atoms with Crippen LogP contribution in [0.25, 0.3) is 0 Å². The number of aromatic nitrogens is 3. The Balaban J connectivity index is 1.76. The van der Waals surface area contributed by atoms with Gasteiger partial charge in [-0.15, -0.1) is 0 Å². The van der Waals surface area contributed by atoms with Crippen molar-refractivity contribution in [3.05, 3.63) is 42.2 Å². The highest BCUT2D eigenvalue weighted by Crippen LogP contribution is 2.30. The van der Waals surface area contributed by atoms with Crippen molar-refractivity contribution in [3.8, 4) is 0 Å². The molecule has 1 fully saturated rings. The van der Waals surface area contributed by atoms with E-state index < -0.39 is 11.8 Å². The van der Waals surface area contributed by atoms with Gasteiger partial charge in [0.05, 0.1) is 36.1 Å². The first-order chi connectivity index (χ1) is 11.6. The molecular weight excluding hydrogens is 306 g/mol. The summed E-state index contributed by atoms with van der Waals surface area (Å²) in [6.07, 6.45) is 9.48. The fourth-order valence-electron chi connectivity index (χ4n) is 3.11. The molecule has 0 aromatic carbocycles. The van der Waals surface area contributed by atoms with Crippen molar-refractivity contribution < 1.29 is 9.59 Å². The fraction of sp³-hybridized carbons (Fsp3) is 0.412. The van der Waals surface area contributed by atoms with Crippen molar-refractivity contribution in [1.82, 2.24) is 19.4 Å². The largest absolute Gasteiger partial charge is 0.336 e. The maximum Gasteiger partial charge on any atom is 0.313 e. The van der Waals surface area contributed by atoms with E-state index in [-0.39, 0.29) is 6.04 Å². The lowest BCUT2D eigenvalue weighted by Gasteiger charge is -2.35. The Hall–Kier alpha value is -2.70. The lowest BCUT2D eigenvalue weighted by Crippen LogP contribution is -2.44. The topological polar surface area (TPSA) is 80.1 Å². The van der Waals surface area contributed by atoms with E-state index in [0.717, 1.165) is 30.5 Å². The van der Waals surface area contributed by atoms with Crippen LogP contribution >= 0.6 is 0 Å². The van der Waals surface area contributed by atoms with Crippen LogP contribution in [0.15, 0.2) is 31.0 Å². The van der Waals surface area contributed by atoms with Gasteiger partial charge in [-0.25, -0.2) is 4.98 Å². The summed E-state index contributed by atoms with van der Waals surface area (Å²) in [7, 11) is 1.90. The first-order valence-corrected chi connectivity index (χ1v) is 8.06. The highest BCUT2D eigenvalue weighted by atomic mass is 16.2. The molecular formula is C17H21N5O2. The molecule has 2 aromatic heterocycles. The lowest BCUT2D eigenvalue weighted by molar-refractivity contribution is -0.146. The molecule has 1 saturated heterocycles. The van der Waals surface area contributed by atoms with Crippen LogP contribution in [0.3, 0.4) is 0 Å². The number of likely N-dealkylation sites (tertiary alicyclic amines) is 1. The summed E-state index contributed by atoms with van der Waals surface area (Å²) in [6.45, 7) is 2.46. The molecule has 1 atom stereocenters. The number of carbonyl (C=O) groups excluding carboxylic acids is 2. The van der Waals surface area contributed by atoms with Gasteiger partial charge in [0.1, 0.15) is 0 Å². The van der Waals surface area contributed by atoms with Crippen LogP contribution < -0.4 is 5.32 Å². The van der Waals surface area contributed by atoms with E-state index in [4.69, 9.17) is 0 Å². The number of nitrogens with zero attached hydrogens (tertiary/aromatic N) is 4. The highest BCUT2D eigenvalue weighted by Gasteiger charge is 2.33. The number of nitrogens with one attached hydrogen (secondary N) is 1. The molecule has 7 nitrogen and oxygen atoms in total. The molecule has 126 valence electrons. The highest BCUT2D eigenvalue weighted by molar-refractivity contribution is 6.39. The molecule has 2 amide bonds. The molecule has 2 aromatic rings. The van der Waals surface area contributed by atoms with E-state index in [0.29, 0.717) is 12.2 Å². The van der Waals surface area contributed by atoms with Crippen LogP contribution in [-0.2, 0) is 16.6 Å². The second-order valence-corrected chi connectivity index (χ2v) is 6.14. The molecule has 1 unspecified atom stereocenters. The quantitative estimate of drug-likeness (QED) is 0.853. The molecule has 0 radical (unpaired) electrons. The van der Waals surface area contributed by atoms with Crippen LogP contribution in [0.2, 0.25) is 0 Å². The van der Waals surface area contributed by atoms with E-state index in [2.05, 4.69) is 15.3 Å². The summed E-state index contributed by atoms with van der Waals surface area (Å²) in [5.41, 5.74) is 2.40. The fourth-order valence-corrected chi connectivity index (χ4v) is 3.11. The van der Waals surface area contributed by atoms with E-state index in [1.807, 2.05) is 18.5 Å². The molecule has 3 heterocycles. The monoisotopic (exact) mass is 327 g/mol. The van der Waals surface area contributed by atoms with Crippen molar-refractivity contribution in [2.24, 2.45) is 7.05 Å². The average Bonchev–Trinajstić information content (AvgIpc) is 3.00. The second kappa shape index (κ2) is 6.82. The van der Waals surface area contributed by atoms with Crippen LogP contribution in [0.1, 0.15) is 36.6 Å². The summed E-state index contributed by atoms with van der Waals surface area (Å²) >= 11 is 0. The van der Waals surface area contributed by atoms with Crippen molar-refractivity contribution in [2.45, 2.75) is 32.2 Å². The van der Waals surface area contributed by atoms with Gasteiger partial charge in [0.25, 0.3) is 0 Å². The first-order valence-electron chi connectivity index (χ1n) is 8.06. The zero-order chi connectivity index (χ0) is 17.1. The van der Waals surface area contributed by atoms with Crippen LogP contribution in [0.5, 0.6) is 0 Å². The predicted molar refractivity (Wildman–Crippen MR) is 89.1 cm³/mol. The minimum Gasteiger partial charge on any atom is -0.336 e. The predicted octanol–water partition coefficient (Wildman–Crippen LogP) is 1.82. The number of rotatable bonds is 2. The number of pyridine rings is 1. The summed E-state index contributed by atoms with van der Waals surface area (Å²) in [5.74, 6) is -1.14. The molecule has 0 bridgehead atoms. The smallest absolute Gasteiger partial charge is 0.313 e. The van der Waals surface area contributed by atoms with E-state index >= 15 is 0 Å². The standard InChI is InChI=1S/C17H21N5O2/c1-12-7-13(9-18-8-12)20-16(23)17(24)22-6-4-3-5-14(22)15-10-19-11-21(15)2/h7-11,14H,3-6H2,1-2H3,(H,20,23). The van der Waals surface area contributed by atoms with Crippen LogP contribution in [-0.4, -0.2) is 37.8 Å². The zero-order valence-corrected chi connectivity index (χ0v) is 13.9. The van der Waals surface area contributed by atoms with Crippen LogP contribution in [0.4, 0.5) is 5.69 Å². The summed E-state index contributed by atoms with van der Waals surface area (Å²) < 4.78 is 1.90. The van der Waals surface area contributed by atoms with E-state index in [1.165, 1.54) is 6.20 Å². The van der Waals surface area contributed by atoms with Crippen molar-refractivity contribution in [3.63, 3.8) is 0 Å². The Kier molecular flexibility index (Phi) is 4.59. The van der Waals surface area contributed by atoms with Crippen molar-refractivity contribution in [1.29, 1.82) is 0 Å². The minimum atomic E-state index is -0.628. The van der Waals surface area contributed by atoms with Gasteiger partial charge >= 0.3 is 11.8 Å². The van der Waals surface area contributed by atoms with E-state index in [9.17, 15) is 9.59 Å². The summed E-state index contributed by atoms with van der Waals surface area (Å²) in [5, 5.41) is 2.65. The summed E-state index contributed by atoms with van der Waals surface area (Å²) in [6, 6.07) is 1.67. The van der Waals surface area contributed by atoms with Gasteiger partial charge < -0.3 is 14.8 Å². The van der Waals surface area contributed by atoms with Gasteiger partial charge in [0.15, 0.2) is 0 Å². The number of imidazole rings is 1. The van der Waals surface area contributed by atoms with Gasteiger partial charge in [-0.3, -0.25) is 14.6 Å². The number of carbonyl (C=O) groups is 2. The number of amides is 2. The molecule has 0 spiro atoms.